The molecule has 1 aromatic carbocycles. The van der Waals surface area contributed by atoms with Crippen molar-refractivity contribution in [1.82, 2.24) is 10.2 Å². The molecule has 1 fully saturated rings. The average molecular weight is 334 g/mol. The van der Waals surface area contributed by atoms with Crippen LogP contribution in [0.4, 0.5) is 4.79 Å². The van der Waals surface area contributed by atoms with Gasteiger partial charge < -0.3 is 24.4 Å². The predicted molar refractivity (Wildman–Crippen MR) is 86.2 cm³/mol. The fourth-order valence-electron chi connectivity index (χ4n) is 2.75. The van der Waals surface area contributed by atoms with Gasteiger partial charge >= 0.3 is 6.09 Å². The van der Waals surface area contributed by atoms with Gasteiger partial charge in [0.05, 0.1) is 6.04 Å². The van der Waals surface area contributed by atoms with Crippen molar-refractivity contribution in [2.24, 2.45) is 0 Å². The van der Waals surface area contributed by atoms with Crippen LogP contribution in [0.25, 0.3) is 0 Å². The van der Waals surface area contributed by atoms with Crippen LogP contribution in [-0.4, -0.2) is 48.4 Å². The maximum absolute atomic E-state index is 12.6. The zero-order valence-electron chi connectivity index (χ0n) is 14.1. The van der Waals surface area contributed by atoms with Gasteiger partial charge in [-0.2, -0.15) is 0 Å². The van der Waals surface area contributed by atoms with E-state index < -0.39 is 11.7 Å². The maximum Gasteiger partial charge on any atom is 0.407 e. The molecule has 0 aliphatic carbocycles. The highest BCUT2D eigenvalue weighted by Gasteiger charge is 2.30. The van der Waals surface area contributed by atoms with E-state index in [-0.39, 0.29) is 18.7 Å². The molecule has 1 saturated heterocycles. The molecule has 2 heterocycles. The van der Waals surface area contributed by atoms with Gasteiger partial charge in [0.2, 0.25) is 6.79 Å². The smallest absolute Gasteiger partial charge is 0.407 e. The molecule has 24 heavy (non-hydrogen) atoms. The third kappa shape index (κ3) is 3.72. The minimum absolute atomic E-state index is 0.0817. The second-order valence-corrected chi connectivity index (χ2v) is 6.95. The van der Waals surface area contributed by atoms with Crippen LogP contribution < -0.4 is 14.8 Å². The van der Waals surface area contributed by atoms with E-state index in [9.17, 15) is 9.59 Å². The van der Waals surface area contributed by atoms with Crippen molar-refractivity contribution < 1.29 is 23.8 Å². The monoisotopic (exact) mass is 334 g/mol. The summed E-state index contributed by atoms with van der Waals surface area (Å²) in [5, 5.41) is 2.81. The summed E-state index contributed by atoms with van der Waals surface area (Å²) in [7, 11) is 0. The molecule has 0 bridgehead atoms. The fraction of sp³-hybridized carbons (Fsp3) is 0.529. The first kappa shape index (κ1) is 16.4. The van der Waals surface area contributed by atoms with Crippen molar-refractivity contribution >= 4 is 12.0 Å². The van der Waals surface area contributed by atoms with Crippen LogP contribution in [0.2, 0.25) is 0 Å². The van der Waals surface area contributed by atoms with Gasteiger partial charge in [-0.3, -0.25) is 4.79 Å². The van der Waals surface area contributed by atoms with E-state index in [2.05, 4.69) is 5.32 Å². The summed E-state index contributed by atoms with van der Waals surface area (Å²) < 4.78 is 15.8. The molecule has 0 aromatic heterocycles. The number of nitrogens with zero attached hydrogens (tertiary/aromatic N) is 1. The van der Waals surface area contributed by atoms with Crippen LogP contribution in [0.1, 0.15) is 37.6 Å². The lowest BCUT2D eigenvalue weighted by atomic mass is 10.2. The van der Waals surface area contributed by atoms with E-state index in [1.165, 1.54) is 0 Å². The van der Waals surface area contributed by atoms with Crippen LogP contribution in [0.15, 0.2) is 18.2 Å². The number of benzene rings is 1. The summed E-state index contributed by atoms with van der Waals surface area (Å²) in [6.45, 7) is 6.68. The molecule has 3 rings (SSSR count). The molecule has 0 spiro atoms. The molecule has 2 amide bonds. The van der Waals surface area contributed by atoms with Crippen LogP contribution in [0.5, 0.6) is 11.5 Å². The number of hydrogen-bond acceptors (Lipinski definition) is 5. The normalized spacial score (nSPS) is 19.3. The lowest BCUT2D eigenvalue weighted by Gasteiger charge is -2.22. The van der Waals surface area contributed by atoms with Gasteiger partial charge in [0.1, 0.15) is 5.60 Å². The fourth-order valence-corrected chi connectivity index (χ4v) is 2.75. The van der Waals surface area contributed by atoms with Gasteiger partial charge in [-0.15, -0.1) is 0 Å². The number of rotatable bonds is 2. The van der Waals surface area contributed by atoms with Gasteiger partial charge in [-0.05, 0) is 45.4 Å². The molecular formula is C17H22N2O5. The van der Waals surface area contributed by atoms with Crippen molar-refractivity contribution in [3.8, 4) is 11.5 Å². The van der Waals surface area contributed by atoms with Crippen molar-refractivity contribution in [2.75, 3.05) is 19.9 Å². The Morgan fingerprint density at radius 3 is 2.75 bits per heavy atom. The van der Waals surface area contributed by atoms with E-state index in [0.29, 0.717) is 36.6 Å². The topological polar surface area (TPSA) is 77.1 Å². The molecule has 1 N–H and O–H groups in total. The average Bonchev–Trinajstić information content (AvgIpc) is 3.12. The van der Waals surface area contributed by atoms with Crippen molar-refractivity contribution in [3.05, 3.63) is 23.8 Å². The SMILES string of the molecule is CC(C)(C)OC(=O)N[C@H]1CCN(C(=O)c2ccc3c(c2)OCO3)C1. The molecule has 130 valence electrons. The quantitative estimate of drug-likeness (QED) is 0.897. The highest BCUT2D eigenvalue weighted by atomic mass is 16.7. The number of carbonyl (C=O) groups is 2. The molecule has 0 radical (unpaired) electrons. The third-order valence-corrected chi connectivity index (χ3v) is 3.82. The van der Waals surface area contributed by atoms with E-state index in [4.69, 9.17) is 14.2 Å². The summed E-state index contributed by atoms with van der Waals surface area (Å²) in [5.74, 6) is 1.16. The molecule has 7 heteroatoms. The standard InChI is InChI=1S/C17H22N2O5/c1-17(2,3)24-16(21)18-12-6-7-19(9-12)15(20)11-4-5-13-14(8-11)23-10-22-13/h4-5,8,12H,6-7,9-10H2,1-3H3,(H,18,21)/t12-/m0/s1. The zero-order chi connectivity index (χ0) is 17.3. The number of ether oxygens (including phenoxy) is 3. The summed E-state index contributed by atoms with van der Waals surface area (Å²) >= 11 is 0. The highest BCUT2D eigenvalue weighted by Crippen LogP contribution is 2.33. The Kier molecular flexibility index (Phi) is 4.26. The van der Waals surface area contributed by atoms with Crippen LogP contribution in [0, 0.1) is 0 Å². The zero-order valence-corrected chi connectivity index (χ0v) is 14.1. The van der Waals surface area contributed by atoms with Crippen LogP contribution in [-0.2, 0) is 4.74 Å². The molecule has 2 aliphatic heterocycles. The Balaban J connectivity index is 1.57. The second kappa shape index (κ2) is 6.22. The first-order chi connectivity index (χ1) is 11.3. The van der Waals surface area contributed by atoms with E-state index >= 15 is 0 Å². The van der Waals surface area contributed by atoms with Crippen LogP contribution in [0.3, 0.4) is 0 Å². The predicted octanol–water partition coefficient (Wildman–Crippen LogP) is 2.15. The number of hydrogen-bond donors (Lipinski definition) is 1. The highest BCUT2D eigenvalue weighted by molar-refractivity contribution is 5.95. The van der Waals surface area contributed by atoms with Crippen molar-refractivity contribution in [3.63, 3.8) is 0 Å². The van der Waals surface area contributed by atoms with E-state index in [0.717, 1.165) is 0 Å². The molecule has 0 unspecified atom stereocenters. The number of amides is 2. The Morgan fingerprint density at radius 1 is 1.25 bits per heavy atom. The van der Waals surface area contributed by atoms with Gasteiger partial charge in [0.25, 0.3) is 5.91 Å². The number of carbonyl (C=O) groups excluding carboxylic acids is 2. The largest absolute Gasteiger partial charge is 0.454 e. The summed E-state index contributed by atoms with van der Waals surface area (Å²) in [5.41, 5.74) is 0.0159. The van der Waals surface area contributed by atoms with E-state index in [1.54, 1.807) is 23.1 Å². The molecule has 0 saturated carbocycles. The van der Waals surface area contributed by atoms with Crippen molar-refractivity contribution in [2.45, 2.75) is 38.8 Å². The second-order valence-electron chi connectivity index (χ2n) is 6.95. The molecule has 7 nitrogen and oxygen atoms in total. The van der Waals surface area contributed by atoms with Gasteiger partial charge in [0.15, 0.2) is 11.5 Å². The minimum atomic E-state index is -0.537. The first-order valence-corrected chi connectivity index (χ1v) is 8.00. The number of nitrogens with one attached hydrogen (secondary N) is 1. The molecule has 1 aromatic rings. The Hall–Kier alpha value is -2.44. The third-order valence-electron chi connectivity index (χ3n) is 3.82. The van der Waals surface area contributed by atoms with Crippen LogP contribution >= 0.6 is 0 Å². The number of fused-ring (bicyclic) bond motifs is 1. The lowest BCUT2D eigenvalue weighted by Crippen LogP contribution is -2.41. The summed E-state index contributed by atoms with van der Waals surface area (Å²) in [6, 6.07) is 5.06. The Morgan fingerprint density at radius 2 is 2.00 bits per heavy atom. The number of alkyl carbamates (subject to hydrolysis) is 1. The summed E-state index contributed by atoms with van der Waals surface area (Å²) in [6.07, 6.45) is 0.250. The van der Waals surface area contributed by atoms with Gasteiger partial charge in [0, 0.05) is 18.7 Å². The summed E-state index contributed by atoms with van der Waals surface area (Å²) in [4.78, 5) is 26.1. The molecule has 2 aliphatic rings. The minimum Gasteiger partial charge on any atom is -0.454 e. The Bertz CT molecular complexity index is 653. The molecular weight excluding hydrogens is 312 g/mol. The van der Waals surface area contributed by atoms with Crippen molar-refractivity contribution in [1.29, 1.82) is 0 Å². The lowest BCUT2D eigenvalue weighted by molar-refractivity contribution is 0.0502. The van der Waals surface area contributed by atoms with E-state index in [1.807, 2.05) is 20.8 Å². The molecule has 1 atom stereocenters. The van der Waals surface area contributed by atoms with Gasteiger partial charge in [-0.1, -0.05) is 0 Å². The van der Waals surface area contributed by atoms with Gasteiger partial charge in [-0.25, -0.2) is 4.79 Å². The number of likely N-dealkylation sites (tertiary alicyclic amines) is 1. The maximum atomic E-state index is 12.6. The Labute approximate surface area is 140 Å². The first-order valence-electron chi connectivity index (χ1n) is 8.00.